The summed E-state index contributed by atoms with van der Waals surface area (Å²) >= 11 is 0. The molecule has 2 nitrogen and oxygen atoms in total. The first-order valence-corrected chi connectivity index (χ1v) is 4.79. The van der Waals surface area contributed by atoms with E-state index in [0.717, 1.165) is 6.54 Å². The lowest BCUT2D eigenvalue weighted by atomic mass is 9.96. The molecule has 1 N–H and O–H groups in total. The van der Waals surface area contributed by atoms with Gasteiger partial charge in [-0.15, -0.1) is 0 Å². The van der Waals surface area contributed by atoms with Crippen molar-refractivity contribution >= 4 is 0 Å². The zero-order chi connectivity index (χ0) is 9.61. The molecule has 0 aromatic heterocycles. The van der Waals surface area contributed by atoms with Crippen LogP contribution in [-0.2, 0) is 0 Å². The number of rotatable bonds is 5. The second-order valence-electron chi connectivity index (χ2n) is 4.76. The van der Waals surface area contributed by atoms with Crippen LogP contribution in [0.5, 0.6) is 0 Å². The van der Waals surface area contributed by atoms with E-state index in [1.54, 1.807) is 0 Å². The Labute approximate surface area is 77.3 Å². The van der Waals surface area contributed by atoms with Crippen molar-refractivity contribution < 1.29 is 0 Å². The second-order valence-corrected chi connectivity index (χ2v) is 4.76. The summed E-state index contributed by atoms with van der Waals surface area (Å²) in [4.78, 5) is 2.40. The molecule has 0 saturated carbocycles. The summed E-state index contributed by atoms with van der Waals surface area (Å²) in [5.74, 6) is 0. The van der Waals surface area contributed by atoms with Crippen LogP contribution in [0.2, 0.25) is 0 Å². The molecule has 0 aliphatic carbocycles. The van der Waals surface area contributed by atoms with Crippen LogP contribution in [0, 0.1) is 5.41 Å². The highest BCUT2D eigenvalue weighted by atomic mass is 15.1. The van der Waals surface area contributed by atoms with E-state index in [9.17, 15) is 0 Å². The van der Waals surface area contributed by atoms with Gasteiger partial charge in [0.05, 0.1) is 0 Å². The highest BCUT2D eigenvalue weighted by molar-refractivity contribution is 4.66. The van der Waals surface area contributed by atoms with Crippen LogP contribution in [0.3, 0.4) is 0 Å². The summed E-state index contributed by atoms with van der Waals surface area (Å²) in [6.45, 7) is 10.3. The number of nitrogens with one attached hydrogen (secondary N) is 1. The second kappa shape index (κ2) is 5.55. The van der Waals surface area contributed by atoms with Gasteiger partial charge < -0.3 is 10.2 Å². The number of hydrogen-bond acceptors (Lipinski definition) is 2. The standard InChI is InChI=1S/C10H24N2/c1-10(2,3)9-12(5)8-6-7-11-4/h11H,6-9H2,1-5H3. The molecule has 74 valence electrons. The van der Waals surface area contributed by atoms with Crippen LogP contribution >= 0.6 is 0 Å². The van der Waals surface area contributed by atoms with E-state index < -0.39 is 0 Å². The Morgan fingerprint density at radius 3 is 2.25 bits per heavy atom. The van der Waals surface area contributed by atoms with Gasteiger partial charge in [-0.25, -0.2) is 0 Å². The molecule has 0 aromatic carbocycles. The molecule has 0 radical (unpaired) electrons. The Bertz CT molecular complexity index is 105. The molecule has 0 aliphatic heterocycles. The van der Waals surface area contributed by atoms with Gasteiger partial charge in [-0.2, -0.15) is 0 Å². The Morgan fingerprint density at radius 2 is 1.83 bits per heavy atom. The average molecular weight is 172 g/mol. The number of nitrogens with zero attached hydrogens (tertiary/aromatic N) is 1. The predicted molar refractivity (Wildman–Crippen MR) is 55.5 cm³/mol. The van der Waals surface area contributed by atoms with Crippen molar-refractivity contribution in [3.8, 4) is 0 Å². The molecular weight excluding hydrogens is 148 g/mol. The molecule has 0 heterocycles. The van der Waals surface area contributed by atoms with Crippen molar-refractivity contribution in [2.75, 3.05) is 33.7 Å². The highest BCUT2D eigenvalue weighted by Gasteiger charge is 2.12. The van der Waals surface area contributed by atoms with E-state index in [0.29, 0.717) is 5.41 Å². The maximum Gasteiger partial charge on any atom is 0.00270 e. The topological polar surface area (TPSA) is 15.3 Å². The SMILES string of the molecule is CNCCCN(C)CC(C)(C)C. The van der Waals surface area contributed by atoms with Gasteiger partial charge in [-0.3, -0.25) is 0 Å². The minimum atomic E-state index is 0.425. The third kappa shape index (κ3) is 8.02. The monoisotopic (exact) mass is 172 g/mol. The van der Waals surface area contributed by atoms with Crippen LogP contribution in [-0.4, -0.2) is 38.6 Å². The Morgan fingerprint density at radius 1 is 1.25 bits per heavy atom. The predicted octanol–water partition coefficient (Wildman–Crippen LogP) is 1.57. The summed E-state index contributed by atoms with van der Waals surface area (Å²) in [5, 5.41) is 3.16. The molecule has 0 unspecified atom stereocenters. The molecule has 0 spiro atoms. The van der Waals surface area contributed by atoms with Crippen LogP contribution in [0.15, 0.2) is 0 Å². The van der Waals surface area contributed by atoms with E-state index in [-0.39, 0.29) is 0 Å². The fraction of sp³-hybridized carbons (Fsp3) is 1.00. The maximum atomic E-state index is 3.16. The first-order chi connectivity index (χ1) is 5.45. The maximum absolute atomic E-state index is 3.16. The molecule has 2 heteroatoms. The van der Waals surface area contributed by atoms with E-state index in [2.05, 4.69) is 38.0 Å². The van der Waals surface area contributed by atoms with Crippen molar-refractivity contribution in [2.24, 2.45) is 5.41 Å². The first kappa shape index (κ1) is 11.9. The average Bonchev–Trinajstić information content (AvgIpc) is 1.84. The summed E-state index contributed by atoms with van der Waals surface area (Å²) in [6.07, 6.45) is 1.24. The van der Waals surface area contributed by atoms with Crippen molar-refractivity contribution in [1.82, 2.24) is 10.2 Å². The summed E-state index contributed by atoms with van der Waals surface area (Å²) in [7, 11) is 4.20. The molecule has 0 amide bonds. The highest BCUT2D eigenvalue weighted by Crippen LogP contribution is 2.13. The normalized spacial score (nSPS) is 12.5. The molecule has 0 fully saturated rings. The van der Waals surface area contributed by atoms with Crippen LogP contribution < -0.4 is 5.32 Å². The smallest absolute Gasteiger partial charge is 0.00270 e. The molecule has 0 aliphatic rings. The van der Waals surface area contributed by atoms with E-state index >= 15 is 0 Å². The van der Waals surface area contributed by atoms with E-state index in [1.807, 2.05) is 7.05 Å². The van der Waals surface area contributed by atoms with Crippen LogP contribution in [0.1, 0.15) is 27.2 Å². The molecule has 0 aromatic rings. The van der Waals surface area contributed by atoms with Gasteiger partial charge in [0.15, 0.2) is 0 Å². The fourth-order valence-corrected chi connectivity index (χ4v) is 1.41. The van der Waals surface area contributed by atoms with E-state index in [4.69, 9.17) is 0 Å². The molecule has 12 heavy (non-hydrogen) atoms. The molecule has 0 saturated heterocycles. The van der Waals surface area contributed by atoms with Crippen molar-refractivity contribution in [2.45, 2.75) is 27.2 Å². The third-order valence-electron chi connectivity index (χ3n) is 1.71. The lowest BCUT2D eigenvalue weighted by Crippen LogP contribution is -2.31. The van der Waals surface area contributed by atoms with Crippen molar-refractivity contribution in [1.29, 1.82) is 0 Å². The first-order valence-electron chi connectivity index (χ1n) is 4.79. The van der Waals surface area contributed by atoms with E-state index in [1.165, 1.54) is 19.5 Å². The molecular formula is C10H24N2. The Hall–Kier alpha value is -0.0800. The Balaban J connectivity index is 3.40. The lowest BCUT2D eigenvalue weighted by molar-refractivity contribution is 0.225. The van der Waals surface area contributed by atoms with Gasteiger partial charge in [-0.1, -0.05) is 20.8 Å². The van der Waals surface area contributed by atoms with Gasteiger partial charge in [0.2, 0.25) is 0 Å². The summed E-state index contributed by atoms with van der Waals surface area (Å²) < 4.78 is 0. The van der Waals surface area contributed by atoms with Crippen LogP contribution in [0.4, 0.5) is 0 Å². The van der Waals surface area contributed by atoms with Gasteiger partial charge >= 0.3 is 0 Å². The molecule has 0 bridgehead atoms. The quantitative estimate of drug-likeness (QED) is 0.633. The zero-order valence-electron chi connectivity index (χ0n) is 9.28. The largest absolute Gasteiger partial charge is 0.320 e. The minimum Gasteiger partial charge on any atom is -0.320 e. The lowest BCUT2D eigenvalue weighted by Gasteiger charge is -2.26. The Kier molecular flexibility index (Phi) is 5.51. The van der Waals surface area contributed by atoms with Crippen molar-refractivity contribution in [3.63, 3.8) is 0 Å². The number of hydrogen-bond donors (Lipinski definition) is 1. The van der Waals surface area contributed by atoms with Crippen molar-refractivity contribution in [3.05, 3.63) is 0 Å². The van der Waals surface area contributed by atoms with Gasteiger partial charge in [0.25, 0.3) is 0 Å². The minimum absolute atomic E-state index is 0.425. The summed E-state index contributed by atoms with van der Waals surface area (Å²) in [6, 6.07) is 0. The van der Waals surface area contributed by atoms with Gasteiger partial charge in [0.1, 0.15) is 0 Å². The zero-order valence-corrected chi connectivity index (χ0v) is 9.28. The molecule has 0 atom stereocenters. The summed E-state index contributed by atoms with van der Waals surface area (Å²) in [5.41, 5.74) is 0.425. The molecule has 0 rings (SSSR count). The van der Waals surface area contributed by atoms with Crippen LogP contribution in [0.25, 0.3) is 0 Å². The van der Waals surface area contributed by atoms with Gasteiger partial charge in [-0.05, 0) is 39.0 Å². The van der Waals surface area contributed by atoms with Gasteiger partial charge in [0, 0.05) is 6.54 Å². The fourth-order valence-electron chi connectivity index (χ4n) is 1.41. The third-order valence-corrected chi connectivity index (χ3v) is 1.71.